The lowest BCUT2D eigenvalue weighted by Crippen LogP contribution is -2.35. The van der Waals surface area contributed by atoms with Crippen molar-refractivity contribution in [1.29, 1.82) is 0 Å². The molecular formula is C20H19ClFN3O2. The normalized spacial score (nSPS) is 11.9. The third-order valence-electron chi connectivity index (χ3n) is 4.08. The van der Waals surface area contributed by atoms with E-state index >= 15 is 0 Å². The predicted molar refractivity (Wildman–Crippen MR) is 101 cm³/mol. The maximum absolute atomic E-state index is 14.3. The molecule has 1 atom stereocenters. The number of aryl methyl sites for hydroxylation is 2. The van der Waals surface area contributed by atoms with Crippen molar-refractivity contribution in [2.45, 2.75) is 13.0 Å². The van der Waals surface area contributed by atoms with Gasteiger partial charge in [-0.05, 0) is 30.7 Å². The first kappa shape index (κ1) is 18.9. The number of rotatable bonds is 6. The molecule has 2 aromatic carbocycles. The summed E-state index contributed by atoms with van der Waals surface area (Å²) in [7, 11) is 1.78. The van der Waals surface area contributed by atoms with Crippen LogP contribution in [0.1, 0.15) is 23.0 Å². The number of nitrogens with zero attached hydrogens (tertiary/aromatic N) is 2. The number of ether oxygens (including phenoxy) is 1. The van der Waals surface area contributed by atoms with Crippen LogP contribution in [0.5, 0.6) is 5.75 Å². The van der Waals surface area contributed by atoms with Gasteiger partial charge in [0.1, 0.15) is 23.4 Å². The van der Waals surface area contributed by atoms with E-state index in [-0.39, 0.29) is 6.61 Å². The first-order valence-electron chi connectivity index (χ1n) is 8.35. The molecule has 0 fully saturated rings. The molecule has 1 heterocycles. The summed E-state index contributed by atoms with van der Waals surface area (Å²) in [6.07, 6.45) is 3.33. The fourth-order valence-corrected chi connectivity index (χ4v) is 2.89. The molecule has 3 rings (SSSR count). The minimum absolute atomic E-state index is 0.251. The Hall–Kier alpha value is -2.86. The number of hydrogen-bond donors (Lipinski definition) is 1. The van der Waals surface area contributed by atoms with Crippen LogP contribution in [0.15, 0.2) is 54.9 Å². The molecule has 27 heavy (non-hydrogen) atoms. The van der Waals surface area contributed by atoms with Crippen molar-refractivity contribution in [2.75, 3.05) is 6.61 Å². The topological polar surface area (TPSA) is 56.1 Å². The molecular weight excluding hydrogens is 369 g/mol. The summed E-state index contributed by atoms with van der Waals surface area (Å²) in [6, 6.07) is 10.8. The van der Waals surface area contributed by atoms with Gasteiger partial charge in [0.05, 0.1) is 5.02 Å². The summed E-state index contributed by atoms with van der Waals surface area (Å²) in [5.74, 6) is 0.102. The van der Waals surface area contributed by atoms with Crippen molar-refractivity contribution in [2.24, 2.45) is 7.05 Å². The highest BCUT2D eigenvalue weighted by molar-refractivity contribution is 6.32. The number of carbonyl (C=O) groups is 1. The second kappa shape index (κ2) is 8.22. The Labute approximate surface area is 161 Å². The molecule has 0 saturated heterocycles. The SMILES string of the molecule is Cc1ccc(Cl)c(OCC(=O)N[C@H](c2ccccc2F)c2nccn2C)c1. The monoisotopic (exact) mass is 387 g/mol. The van der Waals surface area contributed by atoms with Crippen molar-refractivity contribution < 1.29 is 13.9 Å². The van der Waals surface area contributed by atoms with Gasteiger partial charge in [-0.25, -0.2) is 9.37 Å². The molecule has 0 aliphatic rings. The Morgan fingerprint density at radius 3 is 2.81 bits per heavy atom. The molecule has 0 saturated carbocycles. The summed E-state index contributed by atoms with van der Waals surface area (Å²) in [4.78, 5) is 16.7. The quantitative estimate of drug-likeness (QED) is 0.699. The number of halogens is 2. The highest BCUT2D eigenvalue weighted by Crippen LogP contribution is 2.26. The summed E-state index contributed by atoms with van der Waals surface area (Å²) >= 11 is 6.08. The molecule has 0 aliphatic carbocycles. The van der Waals surface area contributed by atoms with E-state index in [4.69, 9.17) is 16.3 Å². The van der Waals surface area contributed by atoms with Crippen LogP contribution >= 0.6 is 11.6 Å². The number of imidazole rings is 1. The first-order valence-corrected chi connectivity index (χ1v) is 8.73. The van der Waals surface area contributed by atoms with Crippen LogP contribution < -0.4 is 10.1 Å². The summed E-state index contributed by atoms with van der Waals surface area (Å²) in [5.41, 5.74) is 1.29. The largest absolute Gasteiger partial charge is 0.482 e. The minimum atomic E-state index is -0.740. The van der Waals surface area contributed by atoms with Gasteiger partial charge >= 0.3 is 0 Å². The van der Waals surface area contributed by atoms with Gasteiger partial charge in [0.2, 0.25) is 0 Å². The Bertz CT molecular complexity index is 958. The van der Waals surface area contributed by atoms with E-state index < -0.39 is 17.8 Å². The van der Waals surface area contributed by atoms with E-state index in [0.717, 1.165) is 5.56 Å². The van der Waals surface area contributed by atoms with Gasteiger partial charge in [0.15, 0.2) is 6.61 Å². The van der Waals surface area contributed by atoms with Crippen LogP contribution in [-0.2, 0) is 11.8 Å². The number of benzene rings is 2. The van der Waals surface area contributed by atoms with E-state index in [1.165, 1.54) is 6.07 Å². The number of amides is 1. The van der Waals surface area contributed by atoms with Gasteiger partial charge in [-0.15, -0.1) is 0 Å². The van der Waals surface area contributed by atoms with Gasteiger partial charge in [-0.1, -0.05) is 35.9 Å². The van der Waals surface area contributed by atoms with Crippen molar-refractivity contribution >= 4 is 17.5 Å². The van der Waals surface area contributed by atoms with Crippen LogP contribution in [0.3, 0.4) is 0 Å². The maximum Gasteiger partial charge on any atom is 0.258 e. The molecule has 0 aliphatic heterocycles. The van der Waals surface area contributed by atoms with E-state index in [2.05, 4.69) is 10.3 Å². The van der Waals surface area contributed by atoms with Crippen molar-refractivity contribution in [1.82, 2.24) is 14.9 Å². The summed E-state index contributed by atoms with van der Waals surface area (Å²) in [6.45, 7) is 1.65. The highest BCUT2D eigenvalue weighted by Gasteiger charge is 2.23. The Kier molecular flexibility index (Phi) is 5.76. The fraction of sp³-hybridized carbons (Fsp3) is 0.200. The van der Waals surface area contributed by atoms with Gasteiger partial charge in [0.25, 0.3) is 5.91 Å². The standard InChI is InChI=1S/C20H19ClFN3O2/c1-13-7-8-15(21)17(11-13)27-12-18(26)24-19(20-23-9-10-25(20)2)14-5-3-4-6-16(14)22/h3-11,19H,12H2,1-2H3,(H,24,26)/t19-/m1/s1. The van der Waals surface area contributed by atoms with Crippen LogP contribution in [0, 0.1) is 12.7 Å². The molecule has 3 aromatic rings. The number of hydrogen-bond acceptors (Lipinski definition) is 3. The van der Waals surface area contributed by atoms with Crippen LogP contribution in [0.4, 0.5) is 4.39 Å². The highest BCUT2D eigenvalue weighted by atomic mass is 35.5. The van der Waals surface area contributed by atoms with Crippen LogP contribution in [0.25, 0.3) is 0 Å². The average molecular weight is 388 g/mol. The zero-order valence-corrected chi connectivity index (χ0v) is 15.7. The lowest BCUT2D eigenvalue weighted by atomic mass is 10.1. The smallest absolute Gasteiger partial charge is 0.258 e. The van der Waals surface area contributed by atoms with Crippen molar-refractivity contribution in [3.05, 3.63) is 82.6 Å². The second-order valence-electron chi connectivity index (χ2n) is 6.14. The van der Waals surface area contributed by atoms with E-state index in [1.807, 2.05) is 13.0 Å². The minimum Gasteiger partial charge on any atom is -0.482 e. The van der Waals surface area contributed by atoms with Gasteiger partial charge < -0.3 is 14.6 Å². The number of aromatic nitrogens is 2. The molecule has 0 radical (unpaired) electrons. The Morgan fingerprint density at radius 1 is 1.33 bits per heavy atom. The second-order valence-corrected chi connectivity index (χ2v) is 6.55. The molecule has 7 heteroatoms. The molecule has 0 bridgehead atoms. The van der Waals surface area contributed by atoms with Gasteiger partial charge in [0, 0.05) is 25.0 Å². The Morgan fingerprint density at radius 2 is 2.11 bits per heavy atom. The molecule has 0 spiro atoms. The zero-order chi connectivity index (χ0) is 19.4. The van der Waals surface area contributed by atoms with E-state index in [1.54, 1.807) is 54.3 Å². The Balaban J connectivity index is 1.78. The fourth-order valence-electron chi connectivity index (χ4n) is 2.71. The van der Waals surface area contributed by atoms with Crippen molar-refractivity contribution in [3.63, 3.8) is 0 Å². The van der Waals surface area contributed by atoms with E-state index in [9.17, 15) is 9.18 Å². The number of nitrogens with one attached hydrogen (secondary N) is 1. The van der Waals surface area contributed by atoms with Crippen molar-refractivity contribution in [3.8, 4) is 5.75 Å². The summed E-state index contributed by atoms with van der Waals surface area (Å²) in [5, 5.41) is 3.21. The number of carbonyl (C=O) groups excluding carboxylic acids is 1. The maximum atomic E-state index is 14.3. The molecule has 1 N–H and O–H groups in total. The van der Waals surface area contributed by atoms with Gasteiger partial charge in [-0.3, -0.25) is 4.79 Å². The lowest BCUT2D eigenvalue weighted by Gasteiger charge is -2.20. The summed E-state index contributed by atoms with van der Waals surface area (Å²) < 4.78 is 21.6. The zero-order valence-electron chi connectivity index (χ0n) is 14.9. The molecule has 0 unspecified atom stereocenters. The predicted octanol–water partition coefficient (Wildman–Crippen LogP) is 3.81. The lowest BCUT2D eigenvalue weighted by molar-refractivity contribution is -0.123. The van der Waals surface area contributed by atoms with Crippen LogP contribution in [0.2, 0.25) is 5.02 Å². The van der Waals surface area contributed by atoms with E-state index in [0.29, 0.717) is 22.2 Å². The third kappa shape index (κ3) is 4.46. The van der Waals surface area contributed by atoms with Crippen LogP contribution in [-0.4, -0.2) is 22.1 Å². The van der Waals surface area contributed by atoms with Gasteiger partial charge in [-0.2, -0.15) is 0 Å². The molecule has 1 amide bonds. The first-order chi connectivity index (χ1) is 13.0. The molecule has 5 nitrogen and oxygen atoms in total. The third-order valence-corrected chi connectivity index (χ3v) is 4.40. The molecule has 1 aromatic heterocycles. The molecule has 140 valence electrons. The average Bonchev–Trinajstić information content (AvgIpc) is 3.07.